The highest BCUT2D eigenvalue weighted by atomic mass is 35.5. The molecule has 1 aliphatic carbocycles. The van der Waals surface area contributed by atoms with Gasteiger partial charge in [-0.15, -0.1) is 0 Å². The molecule has 0 bridgehead atoms. The van der Waals surface area contributed by atoms with E-state index in [9.17, 15) is 4.79 Å². The van der Waals surface area contributed by atoms with Crippen molar-refractivity contribution in [3.05, 3.63) is 65.2 Å². The van der Waals surface area contributed by atoms with E-state index in [1.54, 1.807) is 18.3 Å². The van der Waals surface area contributed by atoms with Crippen LogP contribution in [0, 0.1) is 0 Å². The van der Waals surface area contributed by atoms with E-state index in [2.05, 4.69) is 27.0 Å². The number of carbonyl (C=O) groups is 1. The van der Waals surface area contributed by atoms with Crippen LogP contribution in [-0.2, 0) is 17.6 Å². The number of fused-ring (bicyclic) bond motifs is 1. The summed E-state index contributed by atoms with van der Waals surface area (Å²) in [6.07, 6.45) is 5.96. The number of anilines is 1. The minimum absolute atomic E-state index is 0.129. The molecule has 0 fully saturated rings. The van der Waals surface area contributed by atoms with Gasteiger partial charge in [-0.05, 0) is 49.9 Å². The topological polar surface area (TPSA) is 59.8 Å². The molecule has 1 aromatic carbocycles. The highest BCUT2D eigenvalue weighted by molar-refractivity contribution is 7.99. The smallest absolute Gasteiger partial charge is 0.234 e. The summed E-state index contributed by atoms with van der Waals surface area (Å²) in [5.41, 5.74) is 4.04. The maximum Gasteiger partial charge on any atom is 0.234 e. The standard InChI is InChI=1S/C20H19ClN4OS/c21-19-16(10-6-12-22-19)23-18(26)13-27-20-24-15-9-4-5-11-17(15)25(20)14-7-2-1-3-8-14/h1-3,6-8,10,12H,4-5,9,11,13H2,(H,23,26). The third-order valence-electron chi connectivity index (χ3n) is 4.48. The van der Waals surface area contributed by atoms with Crippen molar-refractivity contribution in [1.29, 1.82) is 0 Å². The molecule has 1 N–H and O–H groups in total. The number of halogens is 1. The largest absolute Gasteiger partial charge is 0.323 e. The van der Waals surface area contributed by atoms with Crippen molar-refractivity contribution in [2.75, 3.05) is 11.1 Å². The molecule has 0 spiro atoms. The molecule has 0 saturated carbocycles. The molecule has 7 heteroatoms. The molecule has 1 aliphatic rings. The minimum atomic E-state index is -0.129. The van der Waals surface area contributed by atoms with Crippen LogP contribution in [0.4, 0.5) is 5.69 Å². The molecule has 0 aliphatic heterocycles. The fraction of sp³-hybridized carbons (Fsp3) is 0.250. The van der Waals surface area contributed by atoms with Gasteiger partial charge in [-0.1, -0.05) is 41.6 Å². The summed E-state index contributed by atoms with van der Waals surface area (Å²) < 4.78 is 2.20. The van der Waals surface area contributed by atoms with Gasteiger partial charge in [0.05, 0.1) is 17.1 Å². The molecule has 0 atom stereocenters. The Bertz CT molecular complexity index is 958. The average molecular weight is 399 g/mol. The summed E-state index contributed by atoms with van der Waals surface area (Å²) in [5, 5.41) is 3.96. The Morgan fingerprint density at radius 2 is 1.96 bits per heavy atom. The van der Waals surface area contributed by atoms with Crippen LogP contribution in [0.5, 0.6) is 0 Å². The van der Waals surface area contributed by atoms with Crippen molar-refractivity contribution >= 4 is 35.0 Å². The van der Waals surface area contributed by atoms with Gasteiger partial charge >= 0.3 is 0 Å². The molecule has 0 saturated heterocycles. The van der Waals surface area contributed by atoms with Gasteiger partial charge in [0.15, 0.2) is 10.3 Å². The van der Waals surface area contributed by atoms with E-state index in [1.807, 2.05) is 18.2 Å². The Balaban J connectivity index is 1.54. The van der Waals surface area contributed by atoms with Gasteiger partial charge in [0.25, 0.3) is 0 Å². The van der Waals surface area contributed by atoms with Gasteiger partial charge in [-0.3, -0.25) is 9.36 Å². The summed E-state index contributed by atoms with van der Waals surface area (Å²) in [5.74, 6) is 0.129. The van der Waals surface area contributed by atoms with Crippen LogP contribution in [0.25, 0.3) is 5.69 Å². The molecule has 27 heavy (non-hydrogen) atoms. The molecule has 2 aromatic heterocycles. The fourth-order valence-corrected chi connectivity index (χ4v) is 4.27. The zero-order valence-corrected chi connectivity index (χ0v) is 16.3. The molecular formula is C20H19ClN4OS. The number of thioether (sulfide) groups is 1. The predicted molar refractivity (Wildman–Crippen MR) is 109 cm³/mol. The Morgan fingerprint density at radius 3 is 2.78 bits per heavy atom. The van der Waals surface area contributed by atoms with Gasteiger partial charge in [0, 0.05) is 17.6 Å². The lowest BCUT2D eigenvalue weighted by atomic mass is 10.0. The van der Waals surface area contributed by atoms with E-state index in [-0.39, 0.29) is 16.8 Å². The van der Waals surface area contributed by atoms with E-state index in [1.165, 1.54) is 30.3 Å². The van der Waals surface area contributed by atoms with E-state index in [0.717, 1.165) is 29.4 Å². The highest BCUT2D eigenvalue weighted by Crippen LogP contribution is 2.30. The molecular weight excluding hydrogens is 380 g/mol. The summed E-state index contributed by atoms with van der Waals surface area (Å²) in [6.45, 7) is 0. The first-order valence-electron chi connectivity index (χ1n) is 8.91. The molecule has 5 nitrogen and oxygen atoms in total. The Labute approximate surface area is 167 Å². The first kappa shape index (κ1) is 18.1. The Hall–Kier alpha value is -2.31. The molecule has 1 amide bonds. The second-order valence-corrected chi connectivity index (χ2v) is 7.64. The van der Waals surface area contributed by atoms with Crippen LogP contribution >= 0.6 is 23.4 Å². The predicted octanol–water partition coefficient (Wildman–Crippen LogP) is 4.53. The fourth-order valence-electron chi connectivity index (χ4n) is 3.25. The van der Waals surface area contributed by atoms with Crippen molar-refractivity contribution in [3.8, 4) is 5.69 Å². The normalized spacial score (nSPS) is 13.2. The van der Waals surface area contributed by atoms with Crippen LogP contribution in [0.3, 0.4) is 0 Å². The highest BCUT2D eigenvalue weighted by Gasteiger charge is 2.22. The zero-order valence-electron chi connectivity index (χ0n) is 14.7. The maximum atomic E-state index is 12.4. The molecule has 138 valence electrons. The summed E-state index contributed by atoms with van der Waals surface area (Å²) in [7, 11) is 0. The van der Waals surface area contributed by atoms with Crippen LogP contribution in [0.15, 0.2) is 53.8 Å². The van der Waals surface area contributed by atoms with Crippen molar-refractivity contribution in [2.24, 2.45) is 0 Å². The van der Waals surface area contributed by atoms with E-state index >= 15 is 0 Å². The third-order valence-corrected chi connectivity index (χ3v) is 5.72. The van der Waals surface area contributed by atoms with Gasteiger partial charge in [0.2, 0.25) is 5.91 Å². The number of aryl methyl sites for hydroxylation is 1. The van der Waals surface area contributed by atoms with Crippen molar-refractivity contribution in [2.45, 2.75) is 30.8 Å². The van der Waals surface area contributed by atoms with Crippen molar-refractivity contribution in [1.82, 2.24) is 14.5 Å². The quantitative estimate of drug-likeness (QED) is 0.506. The van der Waals surface area contributed by atoms with Crippen molar-refractivity contribution in [3.63, 3.8) is 0 Å². The molecule has 0 radical (unpaired) electrons. The monoisotopic (exact) mass is 398 g/mol. The summed E-state index contributed by atoms with van der Waals surface area (Å²) in [6, 6.07) is 13.7. The zero-order chi connectivity index (χ0) is 18.6. The number of rotatable bonds is 5. The number of nitrogens with zero attached hydrogens (tertiary/aromatic N) is 3. The lowest BCUT2D eigenvalue weighted by Crippen LogP contribution is -2.15. The lowest BCUT2D eigenvalue weighted by molar-refractivity contribution is -0.113. The minimum Gasteiger partial charge on any atom is -0.323 e. The van der Waals surface area contributed by atoms with Crippen LogP contribution in [-0.4, -0.2) is 26.2 Å². The summed E-state index contributed by atoms with van der Waals surface area (Å²) >= 11 is 7.46. The second-order valence-electron chi connectivity index (χ2n) is 6.34. The van der Waals surface area contributed by atoms with E-state index in [0.29, 0.717) is 5.69 Å². The number of aromatic nitrogens is 3. The molecule has 3 aromatic rings. The summed E-state index contributed by atoms with van der Waals surface area (Å²) in [4.78, 5) is 21.2. The number of pyridine rings is 1. The molecule has 4 rings (SSSR count). The number of para-hydroxylation sites is 1. The van der Waals surface area contributed by atoms with E-state index in [4.69, 9.17) is 16.6 Å². The number of imidazole rings is 1. The third kappa shape index (κ3) is 4.01. The first-order valence-corrected chi connectivity index (χ1v) is 10.3. The van der Waals surface area contributed by atoms with Crippen LogP contribution in [0.1, 0.15) is 24.2 Å². The second kappa shape index (κ2) is 8.15. The average Bonchev–Trinajstić information content (AvgIpc) is 3.07. The van der Waals surface area contributed by atoms with Crippen LogP contribution < -0.4 is 5.32 Å². The lowest BCUT2D eigenvalue weighted by Gasteiger charge is -2.15. The number of hydrogen-bond donors (Lipinski definition) is 1. The first-order chi connectivity index (χ1) is 13.2. The number of hydrogen-bond acceptors (Lipinski definition) is 4. The van der Waals surface area contributed by atoms with Crippen molar-refractivity contribution < 1.29 is 4.79 Å². The number of amides is 1. The number of carbonyl (C=O) groups excluding carboxylic acids is 1. The Morgan fingerprint density at radius 1 is 1.15 bits per heavy atom. The number of nitrogens with one attached hydrogen (secondary N) is 1. The SMILES string of the molecule is O=C(CSc1nc2c(n1-c1ccccc1)CCCC2)Nc1cccnc1Cl. The molecule has 2 heterocycles. The maximum absolute atomic E-state index is 12.4. The Kier molecular flexibility index (Phi) is 5.45. The van der Waals surface area contributed by atoms with Gasteiger partial charge in [-0.25, -0.2) is 9.97 Å². The van der Waals surface area contributed by atoms with Crippen LogP contribution in [0.2, 0.25) is 5.15 Å². The van der Waals surface area contributed by atoms with Gasteiger partial charge < -0.3 is 5.32 Å². The van der Waals surface area contributed by atoms with Gasteiger partial charge in [-0.2, -0.15) is 0 Å². The van der Waals surface area contributed by atoms with E-state index < -0.39 is 0 Å². The number of benzene rings is 1. The van der Waals surface area contributed by atoms with Gasteiger partial charge in [0.1, 0.15) is 0 Å². The molecule has 0 unspecified atom stereocenters.